The minimum Gasteiger partial charge on any atom is -0.394 e. The van der Waals surface area contributed by atoms with Crippen LogP contribution in [0.2, 0.25) is 0 Å². The monoisotopic (exact) mass is 234 g/mol. The van der Waals surface area contributed by atoms with Crippen molar-refractivity contribution >= 4 is 17.4 Å². The zero-order valence-electron chi connectivity index (χ0n) is 9.90. The van der Waals surface area contributed by atoms with E-state index in [0.717, 1.165) is 11.4 Å². The van der Waals surface area contributed by atoms with Crippen molar-refractivity contribution in [1.29, 1.82) is 0 Å². The van der Waals surface area contributed by atoms with Crippen molar-refractivity contribution in [2.45, 2.75) is 13.8 Å². The maximum absolute atomic E-state index is 11.8. The number of nitrogen functional groups attached to an aromatic ring is 1. The molecule has 0 saturated carbocycles. The molecular weight excluding hydrogens is 220 g/mol. The predicted molar refractivity (Wildman–Crippen MR) is 63.6 cm³/mol. The number of aryl methyl sites for hydroxylation is 3. The fourth-order valence-corrected chi connectivity index (χ4v) is 1.38. The second-order valence-corrected chi connectivity index (χ2v) is 3.86. The highest BCUT2D eigenvalue weighted by Crippen LogP contribution is 2.18. The van der Waals surface area contributed by atoms with E-state index >= 15 is 0 Å². The fraction of sp³-hybridized carbons (Fsp3) is 0.300. The van der Waals surface area contributed by atoms with E-state index in [9.17, 15) is 4.79 Å². The number of aromatic amines is 1. The van der Waals surface area contributed by atoms with Gasteiger partial charge in [-0.1, -0.05) is 0 Å². The van der Waals surface area contributed by atoms with Gasteiger partial charge in [-0.3, -0.25) is 14.6 Å². The number of nitrogens with one attached hydrogen (secondary N) is 2. The first-order valence-corrected chi connectivity index (χ1v) is 5.11. The van der Waals surface area contributed by atoms with Gasteiger partial charge in [0.25, 0.3) is 5.91 Å². The molecule has 0 unspecified atom stereocenters. The molecule has 0 spiro atoms. The van der Waals surface area contributed by atoms with Gasteiger partial charge in [0.2, 0.25) is 0 Å². The quantitative estimate of drug-likeness (QED) is 0.707. The summed E-state index contributed by atoms with van der Waals surface area (Å²) in [7, 11) is 1.78. The lowest BCUT2D eigenvalue weighted by atomic mass is 10.3. The van der Waals surface area contributed by atoms with Crippen LogP contribution in [0.25, 0.3) is 0 Å². The van der Waals surface area contributed by atoms with Gasteiger partial charge in [0.05, 0.1) is 11.4 Å². The largest absolute Gasteiger partial charge is 0.394 e. The van der Waals surface area contributed by atoms with Gasteiger partial charge in [-0.25, -0.2) is 0 Å². The lowest BCUT2D eigenvalue weighted by Gasteiger charge is -1.99. The van der Waals surface area contributed by atoms with Gasteiger partial charge in [0.15, 0.2) is 11.5 Å². The Labute approximate surface area is 98.0 Å². The molecule has 17 heavy (non-hydrogen) atoms. The summed E-state index contributed by atoms with van der Waals surface area (Å²) in [6.45, 7) is 3.65. The van der Waals surface area contributed by atoms with E-state index in [1.165, 1.54) is 0 Å². The first kappa shape index (κ1) is 11.2. The number of aromatic nitrogens is 4. The summed E-state index contributed by atoms with van der Waals surface area (Å²) in [5.74, 6) is 0.00251. The molecule has 7 heteroatoms. The van der Waals surface area contributed by atoms with Gasteiger partial charge in [-0.2, -0.15) is 10.2 Å². The number of anilines is 2. The highest BCUT2D eigenvalue weighted by atomic mass is 16.2. The molecule has 0 fully saturated rings. The normalized spacial score (nSPS) is 10.5. The molecule has 90 valence electrons. The van der Waals surface area contributed by atoms with Crippen molar-refractivity contribution in [1.82, 2.24) is 20.0 Å². The van der Waals surface area contributed by atoms with Crippen molar-refractivity contribution in [3.8, 4) is 0 Å². The van der Waals surface area contributed by atoms with Gasteiger partial charge >= 0.3 is 0 Å². The van der Waals surface area contributed by atoms with E-state index in [4.69, 9.17) is 5.73 Å². The van der Waals surface area contributed by atoms with Crippen LogP contribution in [-0.2, 0) is 7.05 Å². The minimum absolute atomic E-state index is 0.327. The van der Waals surface area contributed by atoms with Crippen LogP contribution in [0, 0.1) is 13.8 Å². The van der Waals surface area contributed by atoms with Crippen molar-refractivity contribution in [3.63, 3.8) is 0 Å². The molecule has 2 heterocycles. The Hall–Kier alpha value is -2.31. The van der Waals surface area contributed by atoms with E-state index < -0.39 is 0 Å². The van der Waals surface area contributed by atoms with Crippen LogP contribution in [0.4, 0.5) is 11.5 Å². The molecule has 0 aromatic carbocycles. The molecule has 0 aliphatic rings. The number of rotatable bonds is 2. The standard InChI is InChI=1S/C10H14N6O/c1-5-4-7(15-16(5)3)10(17)12-9-8(11)6(2)13-14-9/h4H,11H2,1-3H3,(H2,12,13,14,17). The highest BCUT2D eigenvalue weighted by Gasteiger charge is 2.14. The summed E-state index contributed by atoms with van der Waals surface area (Å²) in [6.07, 6.45) is 0. The van der Waals surface area contributed by atoms with Crippen molar-refractivity contribution in [2.75, 3.05) is 11.1 Å². The SMILES string of the molecule is Cc1[nH]nc(NC(=O)c2cc(C)n(C)n2)c1N. The van der Waals surface area contributed by atoms with Crippen LogP contribution in [0.3, 0.4) is 0 Å². The maximum atomic E-state index is 11.8. The van der Waals surface area contributed by atoms with Crippen LogP contribution in [0.15, 0.2) is 6.07 Å². The molecule has 2 rings (SSSR count). The Bertz CT molecular complexity index is 548. The zero-order valence-corrected chi connectivity index (χ0v) is 9.90. The Balaban J connectivity index is 2.20. The number of carbonyl (C=O) groups excluding carboxylic acids is 1. The summed E-state index contributed by atoms with van der Waals surface area (Å²) in [6, 6.07) is 1.70. The third-order valence-electron chi connectivity index (χ3n) is 2.57. The molecule has 4 N–H and O–H groups in total. The van der Waals surface area contributed by atoms with Crippen LogP contribution in [-0.4, -0.2) is 25.9 Å². The third-order valence-corrected chi connectivity index (χ3v) is 2.57. The number of carbonyl (C=O) groups is 1. The average molecular weight is 234 g/mol. The average Bonchev–Trinajstić information content (AvgIpc) is 2.77. The Morgan fingerprint density at radius 3 is 2.71 bits per heavy atom. The molecule has 0 saturated heterocycles. The van der Waals surface area contributed by atoms with E-state index in [1.807, 2.05) is 6.92 Å². The van der Waals surface area contributed by atoms with E-state index in [1.54, 1.807) is 24.7 Å². The summed E-state index contributed by atoms with van der Waals surface area (Å²) >= 11 is 0. The van der Waals surface area contributed by atoms with Crippen molar-refractivity contribution in [2.24, 2.45) is 7.05 Å². The number of nitrogens with two attached hydrogens (primary N) is 1. The van der Waals surface area contributed by atoms with Crippen LogP contribution < -0.4 is 11.1 Å². The molecule has 0 bridgehead atoms. The van der Waals surface area contributed by atoms with E-state index in [2.05, 4.69) is 20.6 Å². The lowest BCUT2D eigenvalue weighted by molar-refractivity contribution is 0.102. The molecule has 2 aromatic rings. The molecule has 0 aliphatic heterocycles. The number of hydrogen-bond donors (Lipinski definition) is 3. The molecule has 0 radical (unpaired) electrons. The number of amides is 1. The maximum Gasteiger partial charge on any atom is 0.277 e. The summed E-state index contributed by atoms with van der Waals surface area (Å²) in [5, 5.41) is 13.3. The van der Waals surface area contributed by atoms with Crippen LogP contribution >= 0.6 is 0 Å². The van der Waals surface area contributed by atoms with Gasteiger partial charge in [-0.15, -0.1) is 0 Å². The molecule has 0 atom stereocenters. The van der Waals surface area contributed by atoms with Crippen LogP contribution in [0.5, 0.6) is 0 Å². The zero-order chi connectivity index (χ0) is 12.6. The summed E-state index contributed by atoms with van der Waals surface area (Å²) in [4.78, 5) is 11.8. The summed E-state index contributed by atoms with van der Waals surface area (Å²) in [5.41, 5.74) is 8.13. The van der Waals surface area contributed by atoms with E-state index in [0.29, 0.717) is 17.2 Å². The van der Waals surface area contributed by atoms with Crippen LogP contribution in [0.1, 0.15) is 21.9 Å². The smallest absolute Gasteiger partial charge is 0.277 e. The first-order valence-electron chi connectivity index (χ1n) is 5.11. The number of H-pyrrole nitrogens is 1. The minimum atomic E-state index is -0.327. The van der Waals surface area contributed by atoms with Crippen molar-refractivity contribution in [3.05, 3.63) is 23.1 Å². The van der Waals surface area contributed by atoms with Gasteiger partial charge in [0, 0.05) is 12.7 Å². The molecule has 1 amide bonds. The van der Waals surface area contributed by atoms with E-state index in [-0.39, 0.29) is 5.91 Å². The molecule has 2 aromatic heterocycles. The van der Waals surface area contributed by atoms with Crippen molar-refractivity contribution < 1.29 is 4.79 Å². The number of nitrogens with zero attached hydrogens (tertiary/aromatic N) is 3. The second kappa shape index (κ2) is 3.93. The molecular formula is C10H14N6O. The van der Waals surface area contributed by atoms with Gasteiger partial charge < -0.3 is 11.1 Å². The lowest BCUT2D eigenvalue weighted by Crippen LogP contribution is -2.14. The topological polar surface area (TPSA) is 102 Å². The first-order chi connectivity index (χ1) is 7.99. The van der Waals surface area contributed by atoms with Gasteiger partial charge in [0.1, 0.15) is 0 Å². The Kier molecular flexibility index (Phi) is 2.58. The Morgan fingerprint density at radius 1 is 1.53 bits per heavy atom. The summed E-state index contributed by atoms with van der Waals surface area (Å²) < 4.78 is 1.63. The third kappa shape index (κ3) is 1.99. The number of hydrogen-bond acceptors (Lipinski definition) is 4. The van der Waals surface area contributed by atoms with Gasteiger partial charge in [-0.05, 0) is 19.9 Å². The highest BCUT2D eigenvalue weighted by molar-refractivity contribution is 6.03. The fourth-order valence-electron chi connectivity index (χ4n) is 1.38. The second-order valence-electron chi connectivity index (χ2n) is 3.86. The predicted octanol–water partition coefficient (Wildman–Crippen LogP) is 0.595. The Morgan fingerprint density at radius 2 is 2.24 bits per heavy atom. The molecule has 0 aliphatic carbocycles. The molecule has 7 nitrogen and oxygen atoms in total.